The minimum absolute atomic E-state index is 0.321. The Morgan fingerprint density at radius 3 is 1.77 bits per heavy atom. The molecule has 0 saturated carbocycles. The van der Waals surface area contributed by atoms with Gasteiger partial charge in [-0.3, -0.25) is 0 Å². The van der Waals surface area contributed by atoms with Gasteiger partial charge < -0.3 is 0 Å². The largest absolute Gasteiger partial charge is 0.145 e. The number of hydrogen-bond acceptors (Lipinski definition) is 0. The van der Waals surface area contributed by atoms with Gasteiger partial charge in [-0.1, -0.05) is 186 Å². The molecule has 0 N–H and O–H groups in total. The second kappa shape index (κ2) is 21.3. The van der Waals surface area contributed by atoms with Gasteiger partial charge in [-0.2, -0.15) is 0 Å². The first-order valence-corrected chi connectivity index (χ1v) is 16.7. The molecular formula is C30H62B9. The fourth-order valence-corrected chi connectivity index (χ4v) is 5.65. The van der Waals surface area contributed by atoms with Crippen LogP contribution in [0.3, 0.4) is 0 Å². The van der Waals surface area contributed by atoms with E-state index in [2.05, 4.69) is 120 Å². The fraction of sp³-hybridized carbons (Fsp3) is 1.00. The van der Waals surface area contributed by atoms with Crippen LogP contribution in [0.1, 0.15) is 74.7 Å². The maximum absolute atomic E-state index is 5.68. The summed E-state index contributed by atoms with van der Waals surface area (Å²) in [6.07, 6.45) is 19.2. The van der Waals surface area contributed by atoms with E-state index in [4.69, 9.17) is 7.85 Å². The van der Waals surface area contributed by atoms with Crippen LogP contribution in [0.2, 0.25) is 112 Å². The molecule has 0 aromatic heterocycles. The topological polar surface area (TPSA) is 0 Å². The van der Waals surface area contributed by atoms with Crippen LogP contribution in [0, 0.1) is 5.41 Å². The zero-order valence-electron chi connectivity index (χ0n) is 28.5. The Labute approximate surface area is 256 Å². The molecule has 9 radical (unpaired) electrons. The predicted octanol–water partition coefficient (Wildman–Crippen LogP) is 9.65. The minimum atomic E-state index is 0.321. The summed E-state index contributed by atoms with van der Waals surface area (Å²) in [6, 6.07) is 0. The molecule has 0 rings (SSSR count). The third-order valence-corrected chi connectivity index (χ3v) is 10.4. The molecule has 0 saturated heterocycles. The average Bonchev–Trinajstić information content (AvgIpc) is 2.89. The maximum Gasteiger partial charge on any atom is 0.145 e. The SMILES string of the molecule is [B]CC[B]CC(C)([B]CC[B]CCC(C)(C)C(C)(C)B(CC[B]CC[B]C)CC[B]CCC(C)(C)[B]C)CC. The highest BCUT2D eigenvalue weighted by Gasteiger charge is 2.43. The summed E-state index contributed by atoms with van der Waals surface area (Å²) in [5.74, 6) is 0. The lowest BCUT2D eigenvalue weighted by molar-refractivity contribution is 0.248. The van der Waals surface area contributed by atoms with Gasteiger partial charge in [0.15, 0.2) is 0 Å². The molecule has 39 heavy (non-hydrogen) atoms. The standard InChI is InChI=1S/C30H62B9/c1-11-30(8,26-37-17-14-31)38-21-20-34-15-12-27(2,3)29(6,7)39(25-23-36-19-18-32-9)24-22-35-16-13-28(4,5)33-10/h11-26H2,1-10H3. The number of hydrogen-bond donors (Lipinski definition) is 0. The molecule has 0 fully saturated rings. The molecule has 1 unspecified atom stereocenters. The summed E-state index contributed by atoms with van der Waals surface area (Å²) in [6.45, 7) is 24.8. The molecule has 0 bridgehead atoms. The van der Waals surface area contributed by atoms with E-state index in [0.717, 1.165) is 25.7 Å². The van der Waals surface area contributed by atoms with E-state index in [1.807, 2.05) is 0 Å². The predicted molar refractivity (Wildman–Crippen MR) is 196 cm³/mol. The van der Waals surface area contributed by atoms with Crippen LogP contribution < -0.4 is 0 Å². The second-order valence-electron chi connectivity index (χ2n) is 14.5. The second-order valence-corrected chi connectivity index (χ2v) is 14.5. The van der Waals surface area contributed by atoms with Gasteiger partial charge in [0.2, 0.25) is 0 Å². The van der Waals surface area contributed by atoms with Crippen LogP contribution in [0.15, 0.2) is 0 Å². The van der Waals surface area contributed by atoms with Crippen molar-refractivity contribution in [2.45, 2.75) is 186 Å². The fourth-order valence-electron chi connectivity index (χ4n) is 5.65. The van der Waals surface area contributed by atoms with Crippen LogP contribution in [0.5, 0.6) is 0 Å². The molecule has 0 aromatic rings. The van der Waals surface area contributed by atoms with Crippen molar-refractivity contribution in [1.82, 2.24) is 0 Å². The van der Waals surface area contributed by atoms with Crippen molar-refractivity contribution in [1.29, 1.82) is 0 Å². The molecule has 1 atom stereocenters. The van der Waals surface area contributed by atoms with Crippen molar-refractivity contribution in [3.05, 3.63) is 0 Å². The molecule has 0 heterocycles. The van der Waals surface area contributed by atoms with Crippen LogP contribution in [0.4, 0.5) is 0 Å². The van der Waals surface area contributed by atoms with Gasteiger partial charge in [-0.15, -0.1) is 0 Å². The molecule has 0 nitrogen and oxygen atoms in total. The van der Waals surface area contributed by atoms with E-state index < -0.39 is 0 Å². The Kier molecular flexibility index (Phi) is 21.6. The zero-order valence-corrected chi connectivity index (χ0v) is 28.5. The van der Waals surface area contributed by atoms with Gasteiger partial charge in [0, 0.05) is 0 Å². The summed E-state index contributed by atoms with van der Waals surface area (Å²) < 4.78 is 0. The molecule has 209 valence electrons. The zero-order chi connectivity index (χ0) is 29.8. The van der Waals surface area contributed by atoms with Gasteiger partial charge in [-0.25, -0.2) is 0 Å². The summed E-state index contributed by atoms with van der Waals surface area (Å²) in [5.41, 5.74) is 0.323. The lowest BCUT2D eigenvalue weighted by Crippen LogP contribution is -2.40. The minimum Gasteiger partial charge on any atom is -0.0955 e. The lowest BCUT2D eigenvalue weighted by Gasteiger charge is -2.47. The normalized spacial score (nSPS) is 13.8. The smallest absolute Gasteiger partial charge is 0.0955 e. The van der Waals surface area contributed by atoms with Crippen molar-refractivity contribution in [2.24, 2.45) is 5.41 Å². The quantitative estimate of drug-likeness (QED) is 0.0748. The molecule has 0 aliphatic heterocycles. The van der Waals surface area contributed by atoms with Crippen molar-refractivity contribution >= 4 is 65.5 Å². The van der Waals surface area contributed by atoms with Crippen LogP contribution in [-0.2, 0) is 0 Å². The maximum atomic E-state index is 5.68. The van der Waals surface area contributed by atoms with E-state index in [1.165, 1.54) is 82.5 Å². The van der Waals surface area contributed by atoms with Crippen molar-refractivity contribution in [2.75, 3.05) is 0 Å². The molecular weight excluding hydrogens is 458 g/mol. The monoisotopic (exact) mass is 522 g/mol. The third-order valence-electron chi connectivity index (χ3n) is 10.4. The van der Waals surface area contributed by atoms with Gasteiger partial charge in [0.05, 0.1) is 7.85 Å². The molecule has 9 heteroatoms. The average molecular weight is 520 g/mol. The summed E-state index contributed by atoms with van der Waals surface area (Å²) in [5, 5.41) is 1.00. The molecule has 0 aromatic carbocycles. The Morgan fingerprint density at radius 2 is 1.21 bits per heavy atom. The van der Waals surface area contributed by atoms with E-state index >= 15 is 0 Å². The first-order valence-electron chi connectivity index (χ1n) is 16.7. The number of rotatable bonds is 27. The molecule has 0 aliphatic rings. The first-order chi connectivity index (χ1) is 18.3. The van der Waals surface area contributed by atoms with Gasteiger partial charge in [0.1, 0.15) is 57.7 Å². The van der Waals surface area contributed by atoms with Crippen LogP contribution in [-0.4, -0.2) is 65.5 Å². The Balaban J connectivity index is 4.81. The van der Waals surface area contributed by atoms with Crippen molar-refractivity contribution in [3.63, 3.8) is 0 Å². The lowest BCUT2D eigenvalue weighted by atomic mass is 9.23. The molecule has 0 spiro atoms. The van der Waals surface area contributed by atoms with E-state index in [9.17, 15) is 0 Å². The summed E-state index contributed by atoms with van der Waals surface area (Å²) >= 11 is 0. The summed E-state index contributed by atoms with van der Waals surface area (Å²) in [4.78, 5) is 0. The highest BCUT2D eigenvalue weighted by molar-refractivity contribution is 6.64. The molecule has 0 amide bonds. The van der Waals surface area contributed by atoms with Gasteiger partial charge in [-0.05, 0) is 5.41 Å². The van der Waals surface area contributed by atoms with Gasteiger partial charge >= 0.3 is 0 Å². The Morgan fingerprint density at radius 1 is 0.641 bits per heavy atom. The highest BCUT2D eigenvalue weighted by atomic mass is 14.4. The van der Waals surface area contributed by atoms with E-state index in [1.54, 1.807) is 0 Å². The molecule has 0 aliphatic carbocycles. The van der Waals surface area contributed by atoms with E-state index in [-0.39, 0.29) is 0 Å². The van der Waals surface area contributed by atoms with E-state index in [0.29, 0.717) is 21.4 Å². The Bertz CT molecular complexity index is 583. The van der Waals surface area contributed by atoms with Crippen molar-refractivity contribution in [3.8, 4) is 0 Å². The highest BCUT2D eigenvalue weighted by Crippen LogP contribution is 2.52. The first kappa shape index (κ1) is 39.6. The summed E-state index contributed by atoms with van der Waals surface area (Å²) in [7, 11) is 23.0. The Hall–Kier alpha value is 0.584. The van der Waals surface area contributed by atoms with Crippen LogP contribution in [0.25, 0.3) is 0 Å². The van der Waals surface area contributed by atoms with Crippen LogP contribution >= 0.6 is 0 Å². The third kappa shape index (κ3) is 17.3. The van der Waals surface area contributed by atoms with Crippen molar-refractivity contribution < 1.29 is 0 Å². The van der Waals surface area contributed by atoms with Gasteiger partial charge in [0.25, 0.3) is 0 Å².